The molecule has 0 bridgehead atoms. The molecule has 1 unspecified atom stereocenters. The molecular formula is C29H25F3N2O4. The van der Waals surface area contributed by atoms with Crippen LogP contribution in [0.5, 0.6) is 5.75 Å². The Morgan fingerprint density at radius 3 is 2.45 bits per heavy atom. The first-order valence-corrected chi connectivity index (χ1v) is 12.1. The number of rotatable bonds is 4. The number of Topliss-reactive ketones (excluding diaryl/α,β-unsaturated/α-hetero) is 1. The van der Waals surface area contributed by atoms with Crippen LogP contribution < -0.4 is 14.5 Å². The predicted octanol–water partition coefficient (Wildman–Crippen LogP) is 5.72. The molecule has 2 heterocycles. The van der Waals surface area contributed by atoms with E-state index in [4.69, 9.17) is 4.74 Å². The van der Waals surface area contributed by atoms with Gasteiger partial charge in [0.05, 0.1) is 23.8 Å². The number of carbonyl (C=O) groups is 2. The number of amides is 1. The van der Waals surface area contributed by atoms with E-state index < -0.39 is 35.2 Å². The number of ketones is 1. The minimum atomic E-state index is -4.64. The molecule has 0 aromatic heterocycles. The number of benzene rings is 3. The average Bonchev–Trinajstić information content (AvgIpc) is 3.17. The molecule has 5 rings (SSSR count). The highest BCUT2D eigenvalue weighted by molar-refractivity contribution is 6.51. The number of ether oxygens (including phenoxy) is 1. The summed E-state index contributed by atoms with van der Waals surface area (Å²) in [6.07, 6.45) is -3.11. The van der Waals surface area contributed by atoms with E-state index in [2.05, 4.69) is 0 Å². The number of nitrogens with zero attached hydrogens (tertiary/aromatic N) is 2. The first-order valence-electron chi connectivity index (χ1n) is 12.1. The van der Waals surface area contributed by atoms with Gasteiger partial charge in [0, 0.05) is 31.0 Å². The summed E-state index contributed by atoms with van der Waals surface area (Å²) in [5.41, 5.74) is 1.26. The van der Waals surface area contributed by atoms with Crippen molar-refractivity contribution in [3.8, 4) is 5.75 Å². The summed E-state index contributed by atoms with van der Waals surface area (Å²) >= 11 is 0. The number of hydrogen-bond donors (Lipinski definition) is 1. The van der Waals surface area contributed by atoms with Gasteiger partial charge in [-0.3, -0.25) is 14.5 Å². The zero-order valence-corrected chi connectivity index (χ0v) is 20.7. The van der Waals surface area contributed by atoms with Gasteiger partial charge in [0.25, 0.3) is 11.7 Å². The van der Waals surface area contributed by atoms with Crippen LogP contribution in [0.3, 0.4) is 0 Å². The number of hydrogen-bond acceptors (Lipinski definition) is 5. The fraction of sp³-hybridized carbons (Fsp3) is 0.241. The van der Waals surface area contributed by atoms with Gasteiger partial charge in [-0.25, -0.2) is 0 Å². The van der Waals surface area contributed by atoms with E-state index in [0.29, 0.717) is 23.5 Å². The van der Waals surface area contributed by atoms with Crippen LogP contribution in [0.2, 0.25) is 0 Å². The topological polar surface area (TPSA) is 70.1 Å². The van der Waals surface area contributed by atoms with Crippen LogP contribution in [-0.4, -0.2) is 37.5 Å². The van der Waals surface area contributed by atoms with Crippen molar-refractivity contribution >= 4 is 28.8 Å². The molecule has 9 heteroatoms. The quantitative estimate of drug-likeness (QED) is 0.270. The second-order valence-corrected chi connectivity index (χ2v) is 9.48. The van der Waals surface area contributed by atoms with Crippen LogP contribution in [0.4, 0.5) is 24.5 Å². The largest absolute Gasteiger partial charge is 0.507 e. The van der Waals surface area contributed by atoms with E-state index in [9.17, 15) is 27.9 Å². The van der Waals surface area contributed by atoms with E-state index in [1.165, 1.54) is 12.1 Å². The minimum Gasteiger partial charge on any atom is -0.507 e. The molecule has 0 aliphatic carbocycles. The SMILES string of the molecule is CN(C)c1ccc(C2/C(=C(/O)c3ccc4c(c3)CCCO4)C(=O)C(=O)N2c2cccc(C(F)(F)F)c2)cc1. The first-order chi connectivity index (χ1) is 18.1. The number of fused-ring (bicyclic) bond motifs is 1. The smallest absolute Gasteiger partial charge is 0.416 e. The monoisotopic (exact) mass is 522 g/mol. The summed E-state index contributed by atoms with van der Waals surface area (Å²) in [5.74, 6) is -1.70. The molecule has 2 aliphatic heterocycles. The van der Waals surface area contributed by atoms with Crippen LogP contribution >= 0.6 is 0 Å². The van der Waals surface area contributed by atoms with Gasteiger partial charge < -0.3 is 14.7 Å². The van der Waals surface area contributed by atoms with Gasteiger partial charge in [-0.1, -0.05) is 18.2 Å². The molecule has 2 aliphatic rings. The molecule has 6 nitrogen and oxygen atoms in total. The van der Waals surface area contributed by atoms with Crippen molar-refractivity contribution in [1.82, 2.24) is 0 Å². The molecule has 0 spiro atoms. The van der Waals surface area contributed by atoms with Crippen LogP contribution in [0.1, 0.15) is 34.7 Å². The van der Waals surface area contributed by atoms with Crippen LogP contribution in [0, 0.1) is 0 Å². The van der Waals surface area contributed by atoms with Gasteiger partial charge in [0.1, 0.15) is 11.5 Å². The molecule has 1 saturated heterocycles. The summed E-state index contributed by atoms with van der Waals surface area (Å²) in [7, 11) is 3.70. The molecule has 1 N–H and O–H groups in total. The fourth-order valence-corrected chi connectivity index (χ4v) is 4.86. The zero-order chi connectivity index (χ0) is 27.2. The lowest BCUT2D eigenvalue weighted by molar-refractivity contribution is -0.137. The van der Waals surface area contributed by atoms with Crippen molar-refractivity contribution in [2.24, 2.45) is 0 Å². The molecule has 38 heavy (non-hydrogen) atoms. The Labute approximate surface area is 217 Å². The Morgan fingerprint density at radius 1 is 1.03 bits per heavy atom. The van der Waals surface area contributed by atoms with Crippen LogP contribution in [0.15, 0.2) is 72.3 Å². The third kappa shape index (κ3) is 4.49. The number of aliphatic hydroxyl groups is 1. The van der Waals surface area contributed by atoms with Gasteiger partial charge in [-0.15, -0.1) is 0 Å². The second-order valence-electron chi connectivity index (χ2n) is 9.48. The summed E-state index contributed by atoms with van der Waals surface area (Å²) < 4.78 is 46.1. The van der Waals surface area contributed by atoms with Crippen molar-refractivity contribution in [2.75, 3.05) is 30.5 Å². The molecule has 0 radical (unpaired) electrons. The van der Waals surface area contributed by atoms with Crippen molar-refractivity contribution in [3.63, 3.8) is 0 Å². The van der Waals surface area contributed by atoms with E-state index >= 15 is 0 Å². The van der Waals surface area contributed by atoms with E-state index in [-0.39, 0.29) is 11.3 Å². The molecule has 0 saturated carbocycles. The predicted molar refractivity (Wildman–Crippen MR) is 137 cm³/mol. The van der Waals surface area contributed by atoms with E-state index in [0.717, 1.165) is 41.1 Å². The summed E-state index contributed by atoms with van der Waals surface area (Å²) in [6.45, 7) is 0.587. The lowest BCUT2D eigenvalue weighted by Gasteiger charge is -2.26. The summed E-state index contributed by atoms with van der Waals surface area (Å²) in [5, 5.41) is 11.4. The molecule has 196 valence electrons. The van der Waals surface area contributed by atoms with E-state index in [1.54, 1.807) is 42.5 Å². The Morgan fingerprint density at radius 2 is 1.76 bits per heavy atom. The number of halogens is 3. The molecule has 1 atom stereocenters. The maximum Gasteiger partial charge on any atom is 0.416 e. The van der Waals surface area contributed by atoms with Gasteiger partial charge >= 0.3 is 6.18 Å². The van der Waals surface area contributed by atoms with Gasteiger partial charge in [0.2, 0.25) is 0 Å². The van der Waals surface area contributed by atoms with E-state index in [1.807, 2.05) is 19.0 Å². The number of aliphatic hydroxyl groups excluding tert-OH is 1. The Hall–Kier alpha value is -4.27. The fourth-order valence-electron chi connectivity index (χ4n) is 4.86. The van der Waals surface area contributed by atoms with Crippen molar-refractivity contribution in [1.29, 1.82) is 0 Å². The van der Waals surface area contributed by atoms with Gasteiger partial charge in [-0.2, -0.15) is 13.2 Å². The first kappa shape index (κ1) is 25.4. The highest BCUT2D eigenvalue weighted by Gasteiger charge is 2.47. The molecular weight excluding hydrogens is 497 g/mol. The third-order valence-corrected chi connectivity index (χ3v) is 6.80. The normalized spacial score (nSPS) is 18.8. The molecule has 1 amide bonds. The lowest BCUT2D eigenvalue weighted by atomic mass is 9.93. The van der Waals surface area contributed by atoms with Gasteiger partial charge in [0.15, 0.2) is 0 Å². The maximum atomic E-state index is 13.5. The average molecular weight is 523 g/mol. The molecule has 1 fully saturated rings. The summed E-state index contributed by atoms with van der Waals surface area (Å²) in [6, 6.07) is 15.1. The van der Waals surface area contributed by atoms with Crippen molar-refractivity contribution < 1.29 is 32.6 Å². The maximum absolute atomic E-state index is 13.5. The number of anilines is 2. The standard InChI is InChI=1S/C29H25F3N2O4/c1-33(2)21-11-8-17(9-12-21)25-24(26(35)19-10-13-23-18(15-19)5-4-14-38-23)27(36)28(37)34(25)22-7-3-6-20(16-22)29(30,31)32/h3,6-13,15-16,25,35H,4-5,14H2,1-2H3/b26-24-. The van der Waals surface area contributed by atoms with Crippen molar-refractivity contribution in [2.45, 2.75) is 25.1 Å². The Bertz CT molecular complexity index is 1440. The number of aryl methyl sites for hydroxylation is 1. The zero-order valence-electron chi connectivity index (χ0n) is 20.7. The molecule has 3 aromatic rings. The minimum absolute atomic E-state index is 0.0958. The Kier molecular flexibility index (Phi) is 6.38. The molecule has 3 aromatic carbocycles. The van der Waals surface area contributed by atoms with Crippen molar-refractivity contribution in [3.05, 3.63) is 94.6 Å². The second kappa shape index (κ2) is 9.55. The third-order valence-electron chi connectivity index (χ3n) is 6.80. The highest BCUT2D eigenvalue weighted by Crippen LogP contribution is 2.44. The highest BCUT2D eigenvalue weighted by atomic mass is 19.4. The number of alkyl halides is 3. The lowest BCUT2D eigenvalue weighted by Crippen LogP contribution is -2.29. The van der Waals surface area contributed by atoms with Gasteiger partial charge in [-0.05, 0) is 72.5 Å². The van der Waals surface area contributed by atoms with Crippen LogP contribution in [0.25, 0.3) is 5.76 Å². The Balaban J connectivity index is 1.69. The number of carbonyl (C=O) groups excluding carboxylic acids is 2. The summed E-state index contributed by atoms with van der Waals surface area (Å²) in [4.78, 5) is 29.6. The van der Waals surface area contributed by atoms with Crippen LogP contribution in [-0.2, 0) is 22.2 Å².